The van der Waals surface area contributed by atoms with Gasteiger partial charge in [0.2, 0.25) is 0 Å². The number of hydrogen-bond donors (Lipinski definition) is 0. The summed E-state index contributed by atoms with van der Waals surface area (Å²) in [6.07, 6.45) is 5.10. The molecule has 1 fully saturated rings. The highest BCUT2D eigenvalue weighted by Crippen LogP contribution is 2.22. The van der Waals surface area contributed by atoms with Crippen molar-refractivity contribution in [2.75, 3.05) is 26.2 Å². The van der Waals surface area contributed by atoms with Gasteiger partial charge in [0, 0.05) is 49.6 Å². The zero-order valence-electron chi connectivity index (χ0n) is 17.0. The lowest BCUT2D eigenvalue weighted by molar-refractivity contribution is 0.177. The van der Waals surface area contributed by atoms with E-state index in [1.807, 2.05) is 13.1 Å². The van der Waals surface area contributed by atoms with E-state index in [2.05, 4.69) is 35.4 Å². The summed E-state index contributed by atoms with van der Waals surface area (Å²) in [5.41, 5.74) is 2.03. The van der Waals surface area contributed by atoms with Crippen LogP contribution in [0, 0.1) is 5.82 Å². The van der Waals surface area contributed by atoms with Gasteiger partial charge in [0.25, 0.3) is 10.0 Å². The molecule has 31 heavy (non-hydrogen) atoms. The van der Waals surface area contributed by atoms with Gasteiger partial charge in [-0.25, -0.2) is 22.8 Å². The van der Waals surface area contributed by atoms with Crippen LogP contribution in [-0.2, 0) is 16.6 Å². The second kappa shape index (κ2) is 9.15. The van der Waals surface area contributed by atoms with E-state index in [0.29, 0.717) is 32.7 Å². The van der Waals surface area contributed by atoms with E-state index in [1.54, 1.807) is 24.5 Å². The average molecular weight is 508 g/mol. The maximum absolute atomic E-state index is 13.2. The third kappa shape index (κ3) is 4.87. The highest BCUT2D eigenvalue weighted by atomic mass is 79.9. The van der Waals surface area contributed by atoms with Crippen LogP contribution in [0.2, 0.25) is 0 Å². The number of pyridine rings is 1. The number of nitrogens with zero attached hydrogens (tertiary/aromatic N) is 5. The van der Waals surface area contributed by atoms with Gasteiger partial charge in [-0.3, -0.25) is 4.90 Å². The van der Waals surface area contributed by atoms with Gasteiger partial charge in [0.05, 0.1) is 18.1 Å². The van der Waals surface area contributed by atoms with Crippen molar-refractivity contribution in [2.24, 2.45) is 0 Å². The minimum absolute atomic E-state index is 0.0169. The lowest BCUT2D eigenvalue weighted by atomic mass is 10.1. The smallest absolute Gasteiger partial charge is 0.260 e. The van der Waals surface area contributed by atoms with E-state index in [9.17, 15) is 12.8 Å². The van der Waals surface area contributed by atoms with Crippen molar-refractivity contribution >= 4 is 26.0 Å². The van der Waals surface area contributed by atoms with Gasteiger partial charge in [-0.15, -0.1) is 0 Å². The summed E-state index contributed by atoms with van der Waals surface area (Å²) in [4.78, 5) is 10.6. The van der Waals surface area contributed by atoms with E-state index in [0.717, 1.165) is 15.7 Å². The van der Waals surface area contributed by atoms with Crippen molar-refractivity contribution in [3.63, 3.8) is 0 Å². The Morgan fingerprint density at radius 3 is 2.42 bits per heavy atom. The van der Waals surface area contributed by atoms with Crippen LogP contribution in [0.25, 0.3) is 0 Å². The normalized spacial score (nSPS) is 17.0. The fourth-order valence-corrected chi connectivity index (χ4v) is 5.28. The summed E-state index contributed by atoms with van der Waals surface area (Å²) in [6, 6.07) is 9.70. The maximum atomic E-state index is 13.2. The van der Waals surface area contributed by atoms with E-state index >= 15 is 0 Å². The number of piperazine rings is 1. The molecule has 1 saturated heterocycles. The van der Waals surface area contributed by atoms with Crippen molar-refractivity contribution in [3.05, 3.63) is 76.7 Å². The Hall–Kier alpha value is -2.14. The number of benzene rings is 1. The zero-order chi connectivity index (χ0) is 22.0. The van der Waals surface area contributed by atoms with Crippen molar-refractivity contribution in [1.29, 1.82) is 0 Å². The number of halogens is 2. The Kier molecular flexibility index (Phi) is 6.52. The molecule has 0 aliphatic carbocycles. The largest absolute Gasteiger partial charge is 0.326 e. The summed E-state index contributed by atoms with van der Waals surface area (Å²) in [5.74, 6) is -0.257. The number of aromatic nitrogens is 3. The Balaban J connectivity index is 1.40. The summed E-state index contributed by atoms with van der Waals surface area (Å²) in [6.45, 7) is 4.76. The highest BCUT2D eigenvalue weighted by molar-refractivity contribution is 9.10. The Labute approximate surface area is 189 Å². The zero-order valence-corrected chi connectivity index (χ0v) is 19.4. The first-order valence-corrected chi connectivity index (χ1v) is 12.2. The minimum Gasteiger partial charge on any atom is -0.326 e. The van der Waals surface area contributed by atoms with Gasteiger partial charge >= 0.3 is 0 Å². The van der Waals surface area contributed by atoms with Gasteiger partial charge in [0.15, 0.2) is 5.03 Å². The van der Waals surface area contributed by atoms with Crippen molar-refractivity contribution in [3.8, 4) is 0 Å². The van der Waals surface area contributed by atoms with Crippen LogP contribution in [0.5, 0.6) is 0 Å². The fraction of sp³-hybridized carbons (Fsp3) is 0.333. The van der Waals surface area contributed by atoms with E-state index < -0.39 is 10.0 Å². The molecule has 0 spiro atoms. The summed E-state index contributed by atoms with van der Waals surface area (Å²) in [7, 11) is -3.60. The molecule has 3 heterocycles. The number of sulfonamides is 1. The molecule has 0 N–H and O–H groups in total. The molecule has 3 aromatic rings. The second-order valence-corrected chi connectivity index (χ2v) is 10.3. The number of rotatable bonds is 6. The summed E-state index contributed by atoms with van der Waals surface area (Å²) in [5, 5.41) is 0.0651. The molecular weight excluding hydrogens is 485 g/mol. The number of hydrogen-bond acceptors (Lipinski definition) is 5. The molecule has 4 rings (SSSR count). The standard InChI is InChI=1S/C21H23BrFN5O2S/c1-16(17-2-5-19(23)6-3-17)28-15-24-13-20(28)14-26-8-10-27(11-9-26)31(29,30)21-7-4-18(22)12-25-21/h2-7,12-13,15-16H,8-11,14H2,1H3/t16-/m1/s1. The Morgan fingerprint density at radius 2 is 1.77 bits per heavy atom. The quantitative estimate of drug-likeness (QED) is 0.511. The van der Waals surface area contributed by atoms with E-state index in [1.165, 1.54) is 28.7 Å². The molecule has 7 nitrogen and oxygen atoms in total. The van der Waals surface area contributed by atoms with Gasteiger partial charge < -0.3 is 4.57 Å². The van der Waals surface area contributed by atoms with Crippen LogP contribution < -0.4 is 0 Å². The molecule has 1 atom stereocenters. The molecule has 2 aromatic heterocycles. The van der Waals surface area contributed by atoms with E-state index in [4.69, 9.17) is 0 Å². The van der Waals surface area contributed by atoms with Crippen LogP contribution in [0.4, 0.5) is 4.39 Å². The van der Waals surface area contributed by atoms with E-state index in [-0.39, 0.29) is 16.9 Å². The van der Waals surface area contributed by atoms with Crippen LogP contribution in [-0.4, -0.2) is 58.3 Å². The van der Waals surface area contributed by atoms with Gasteiger partial charge in [0.1, 0.15) is 5.82 Å². The molecule has 164 valence electrons. The third-order valence-corrected chi connectivity index (χ3v) is 7.82. The molecule has 0 unspecified atom stereocenters. The minimum atomic E-state index is -3.60. The first-order valence-electron chi connectivity index (χ1n) is 9.95. The molecule has 0 bridgehead atoms. The molecule has 0 amide bonds. The molecule has 1 aromatic carbocycles. The van der Waals surface area contributed by atoms with Crippen molar-refractivity contribution in [2.45, 2.75) is 24.5 Å². The van der Waals surface area contributed by atoms with Gasteiger partial charge in [-0.2, -0.15) is 4.31 Å². The fourth-order valence-electron chi connectivity index (χ4n) is 3.71. The topological polar surface area (TPSA) is 71.3 Å². The van der Waals surface area contributed by atoms with Crippen molar-refractivity contribution < 1.29 is 12.8 Å². The molecular formula is C21H23BrFN5O2S. The predicted octanol–water partition coefficient (Wildman–Crippen LogP) is 3.30. The monoisotopic (exact) mass is 507 g/mol. The van der Waals surface area contributed by atoms with Crippen LogP contribution in [0.1, 0.15) is 24.2 Å². The van der Waals surface area contributed by atoms with Crippen molar-refractivity contribution in [1.82, 2.24) is 23.7 Å². The molecule has 0 radical (unpaired) electrons. The van der Waals surface area contributed by atoms with Crippen LogP contribution >= 0.6 is 15.9 Å². The Morgan fingerprint density at radius 1 is 1.06 bits per heavy atom. The predicted molar refractivity (Wildman–Crippen MR) is 118 cm³/mol. The molecule has 0 saturated carbocycles. The lowest BCUT2D eigenvalue weighted by Crippen LogP contribution is -2.48. The summed E-state index contributed by atoms with van der Waals surface area (Å²) >= 11 is 3.28. The average Bonchev–Trinajstić information content (AvgIpc) is 3.22. The molecule has 1 aliphatic rings. The van der Waals surface area contributed by atoms with Gasteiger partial charge in [-0.1, -0.05) is 12.1 Å². The molecule has 1 aliphatic heterocycles. The first-order chi connectivity index (χ1) is 14.8. The van der Waals surface area contributed by atoms with Gasteiger partial charge in [-0.05, 0) is 52.7 Å². The number of imidazole rings is 1. The first kappa shape index (κ1) is 22.1. The highest BCUT2D eigenvalue weighted by Gasteiger charge is 2.29. The third-order valence-electron chi connectivity index (χ3n) is 5.54. The summed E-state index contributed by atoms with van der Waals surface area (Å²) < 4.78 is 43.2. The van der Waals surface area contributed by atoms with Crippen LogP contribution in [0.15, 0.2) is 64.6 Å². The lowest BCUT2D eigenvalue weighted by Gasteiger charge is -2.34. The maximum Gasteiger partial charge on any atom is 0.260 e. The molecule has 10 heteroatoms. The Bertz CT molecular complexity index is 1130. The second-order valence-electron chi connectivity index (χ2n) is 7.51. The van der Waals surface area contributed by atoms with Crippen LogP contribution in [0.3, 0.4) is 0 Å². The SMILES string of the molecule is C[C@H](c1ccc(F)cc1)n1cncc1CN1CCN(S(=O)(=O)c2ccc(Br)cn2)CC1.